The fourth-order valence-corrected chi connectivity index (χ4v) is 1.59. The minimum atomic E-state index is -0.293. The predicted molar refractivity (Wildman–Crippen MR) is 59.4 cm³/mol. The summed E-state index contributed by atoms with van der Waals surface area (Å²) >= 11 is 2.87. The van der Waals surface area contributed by atoms with E-state index in [1.807, 2.05) is 0 Å². The molecule has 0 fully saturated rings. The largest absolute Gasteiger partial charge is 0.496 e. The highest BCUT2D eigenvalue weighted by Gasteiger charge is 2.17. The zero-order chi connectivity index (χ0) is 11.4. The maximum absolute atomic E-state index is 11.3. The molecular weight excluding hydrogens is 264 g/mol. The molecule has 1 aromatic carbocycles. The lowest BCUT2D eigenvalue weighted by Gasteiger charge is -2.12. The molecule has 0 atom stereocenters. The number of benzene rings is 1. The van der Waals surface area contributed by atoms with Crippen LogP contribution < -0.4 is 14.2 Å². The van der Waals surface area contributed by atoms with Gasteiger partial charge in [-0.25, -0.2) is 0 Å². The molecule has 0 aliphatic carbocycles. The van der Waals surface area contributed by atoms with Crippen LogP contribution in [0.1, 0.15) is 10.4 Å². The highest BCUT2D eigenvalue weighted by molar-refractivity contribution is 9.18. The van der Waals surface area contributed by atoms with Crippen LogP contribution in [0, 0.1) is 0 Å². The summed E-state index contributed by atoms with van der Waals surface area (Å²) in [6.45, 7) is 0. The smallest absolute Gasteiger partial charge is 0.235 e. The summed E-state index contributed by atoms with van der Waals surface area (Å²) in [5.41, 5.74) is 0.348. The Balaban J connectivity index is 3.39. The lowest BCUT2D eigenvalue weighted by atomic mass is 10.2. The van der Waals surface area contributed by atoms with Crippen LogP contribution in [0.3, 0.4) is 0 Å². The Hall–Kier alpha value is -1.23. The Morgan fingerprint density at radius 2 is 1.53 bits per heavy atom. The highest BCUT2D eigenvalue weighted by Crippen LogP contribution is 2.35. The third-order valence-corrected chi connectivity index (χ3v) is 2.31. The van der Waals surface area contributed by atoms with Crippen molar-refractivity contribution in [2.45, 2.75) is 0 Å². The normalized spacial score (nSPS) is 9.60. The van der Waals surface area contributed by atoms with Crippen LogP contribution in [0.4, 0.5) is 0 Å². The quantitative estimate of drug-likeness (QED) is 0.790. The van der Waals surface area contributed by atoms with E-state index in [0.717, 1.165) is 0 Å². The van der Waals surface area contributed by atoms with Crippen molar-refractivity contribution in [1.29, 1.82) is 0 Å². The monoisotopic (exact) mass is 274 g/mol. The van der Waals surface area contributed by atoms with Gasteiger partial charge < -0.3 is 14.2 Å². The molecule has 5 heteroatoms. The van der Waals surface area contributed by atoms with Crippen LogP contribution in [0.5, 0.6) is 17.2 Å². The molecular formula is C10H11BrO4. The Labute approximate surface area is 96.3 Å². The average molecular weight is 275 g/mol. The summed E-state index contributed by atoms with van der Waals surface area (Å²) in [6.07, 6.45) is 0. The first kappa shape index (κ1) is 11.8. The average Bonchev–Trinajstić information content (AvgIpc) is 2.26. The number of ether oxygens (including phenoxy) is 3. The number of rotatable bonds is 4. The molecule has 0 aromatic heterocycles. The summed E-state index contributed by atoms with van der Waals surface area (Å²) in [7, 11) is 4.49. The molecule has 0 heterocycles. The van der Waals surface area contributed by atoms with Gasteiger partial charge in [0.15, 0.2) is 0 Å². The van der Waals surface area contributed by atoms with E-state index in [1.165, 1.54) is 21.3 Å². The molecule has 1 rings (SSSR count). The van der Waals surface area contributed by atoms with Crippen molar-refractivity contribution >= 4 is 20.6 Å². The lowest BCUT2D eigenvalue weighted by molar-refractivity contribution is 0.109. The molecule has 0 bridgehead atoms. The summed E-state index contributed by atoms with van der Waals surface area (Å²) in [4.78, 5) is 11.3. The van der Waals surface area contributed by atoms with Crippen molar-refractivity contribution in [3.05, 3.63) is 17.7 Å². The first-order chi connectivity index (χ1) is 7.13. The summed E-state index contributed by atoms with van der Waals surface area (Å²) in [5, 5.41) is 0. The van der Waals surface area contributed by atoms with Crippen molar-refractivity contribution in [2.75, 3.05) is 21.3 Å². The van der Waals surface area contributed by atoms with Crippen LogP contribution in [0.25, 0.3) is 0 Å². The van der Waals surface area contributed by atoms with Crippen LogP contribution in [-0.4, -0.2) is 26.0 Å². The molecule has 0 aliphatic heterocycles. The number of hydrogen-bond acceptors (Lipinski definition) is 4. The Kier molecular flexibility index (Phi) is 3.96. The van der Waals surface area contributed by atoms with Gasteiger partial charge in [-0.1, -0.05) is 0 Å². The van der Waals surface area contributed by atoms with E-state index >= 15 is 0 Å². The van der Waals surface area contributed by atoms with Crippen LogP contribution >= 0.6 is 15.9 Å². The van der Waals surface area contributed by atoms with Crippen molar-refractivity contribution in [1.82, 2.24) is 0 Å². The zero-order valence-electron chi connectivity index (χ0n) is 8.67. The van der Waals surface area contributed by atoms with Gasteiger partial charge in [0.1, 0.15) is 22.8 Å². The molecule has 15 heavy (non-hydrogen) atoms. The van der Waals surface area contributed by atoms with E-state index in [0.29, 0.717) is 22.8 Å². The van der Waals surface area contributed by atoms with Gasteiger partial charge in [0.2, 0.25) is 4.69 Å². The first-order valence-electron chi connectivity index (χ1n) is 4.13. The van der Waals surface area contributed by atoms with Crippen molar-refractivity contribution in [3.63, 3.8) is 0 Å². The van der Waals surface area contributed by atoms with Crippen molar-refractivity contribution in [2.24, 2.45) is 0 Å². The third-order valence-electron chi connectivity index (χ3n) is 1.91. The van der Waals surface area contributed by atoms with E-state index in [9.17, 15) is 4.79 Å². The van der Waals surface area contributed by atoms with Crippen LogP contribution in [-0.2, 0) is 0 Å². The Morgan fingerprint density at radius 1 is 1.07 bits per heavy atom. The van der Waals surface area contributed by atoms with Gasteiger partial charge in [-0.05, 0) is 15.9 Å². The molecule has 0 aliphatic rings. The van der Waals surface area contributed by atoms with Gasteiger partial charge in [0, 0.05) is 12.1 Å². The molecule has 0 unspecified atom stereocenters. The molecule has 0 saturated heterocycles. The number of carbonyl (C=O) groups is 1. The van der Waals surface area contributed by atoms with Gasteiger partial charge in [-0.2, -0.15) is 0 Å². The molecule has 1 aromatic rings. The second-order valence-electron chi connectivity index (χ2n) is 2.68. The minimum absolute atomic E-state index is 0.293. The lowest BCUT2D eigenvalue weighted by Crippen LogP contribution is -2.00. The fraction of sp³-hybridized carbons (Fsp3) is 0.300. The van der Waals surface area contributed by atoms with E-state index in [-0.39, 0.29) is 4.69 Å². The van der Waals surface area contributed by atoms with E-state index < -0.39 is 0 Å². The van der Waals surface area contributed by atoms with E-state index in [2.05, 4.69) is 15.9 Å². The minimum Gasteiger partial charge on any atom is -0.496 e. The Bertz CT molecular complexity index is 351. The molecule has 82 valence electrons. The number of carbonyl (C=O) groups excluding carboxylic acids is 1. The van der Waals surface area contributed by atoms with Crippen LogP contribution in [0.15, 0.2) is 12.1 Å². The molecule has 0 N–H and O–H groups in total. The maximum Gasteiger partial charge on any atom is 0.235 e. The molecule has 0 amide bonds. The van der Waals surface area contributed by atoms with Crippen molar-refractivity contribution < 1.29 is 19.0 Å². The second kappa shape index (κ2) is 5.02. The van der Waals surface area contributed by atoms with Gasteiger partial charge in [0.05, 0.1) is 21.3 Å². The maximum atomic E-state index is 11.3. The van der Waals surface area contributed by atoms with E-state index in [1.54, 1.807) is 12.1 Å². The SMILES string of the molecule is COc1cc(OC)c(C(=O)Br)c(OC)c1. The van der Waals surface area contributed by atoms with Gasteiger partial charge >= 0.3 is 0 Å². The van der Waals surface area contributed by atoms with Gasteiger partial charge in [-0.3, -0.25) is 4.79 Å². The number of hydrogen-bond donors (Lipinski definition) is 0. The van der Waals surface area contributed by atoms with E-state index in [4.69, 9.17) is 14.2 Å². The molecule has 0 saturated carbocycles. The van der Waals surface area contributed by atoms with Crippen molar-refractivity contribution in [3.8, 4) is 17.2 Å². The topological polar surface area (TPSA) is 44.8 Å². The van der Waals surface area contributed by atoms with Gasteiger partial charge in [-0.15, -0.1) is 0 Å². The zero-order valence-corrected chi connectivity index (χ0v) is 10.3. The third kappa shape index (κ3) is 2.41. The number of methoxy groups -OCH3 is 3. The fourth-order valence-electron chi connectivity index (χ4n) is 1.20. The number of halogens is 1. The highest BCUT2D eigenvalue weighted by atomic mass is 79.9. The second-order valence-corrected chi connectivity index (χ2v) is 3.40. The summed E-state index contributed by atoms with van der Waals surface area (Å²) in [5.74, 6) is 1.39. The predicted octanol–water partition coefficient (Wildman–Crippen LogP) is 2.25. The standard InChI is InChI=1S/C10H11BrO4/c1-13-6-4-7(14-2)9(10(11)12)8(5-6)15-3/h4-5H,1-3H3. The summed E-state index contributed by atoms with van der Waals surface area (Å²) < 4.78 is 14.9. The van der Waals surface area contributed by atoms with Gasteiger partial charge in [0.25, 0.3) is 0 Å². The molecule has 4 nitrogen and oxygen atoms in total. The molecule has 0 spiro atoms. The Morgan fingerprint density at radius 3 is 1.80 bits per heavy atom. The summed E-state index contributed by atoms with van der Waals surface area (Å²) in [6, 6.07) is 3.24. The first-order valence-corrected chi connectivity index (χ1v) is 4.93. The van der Waals surface area contributed by atoms with Crippen LogP contribution in [0.2, 0.25) is 0 Å². The molecule has 0 radical (unpaired) electrons.